The third-order valence-electron chi connectivity index (χ3n) is 5.73. The van der Waals surface area contributed by atoms with E-state index in [2.05, 4.69) is 85.1 Å². The molecule has 1 aliphatic rings. The molecule has 2 heteroatoms. The Labute approximate surface area is 150 Å². The number of fused-ring (bicyclic) bond motifs is 7. The molecule has 1 nitrogen and oxygen atoms in total. The Balaban J connectivity index is 1.98. The maximum absolute atomic E-state index is 2.51. The van der Waals surface area contributed by atoms with Crippen LogP contribution in [0.25, 0.3) is 37.6 Å². The van der Waals surface area contributed by atoms with Gasteiger partial charge in [0.2, 0.25) is 0 Å². The molecule has 0 bridgehead atoms. The molecule has 3 aromatic carbocycles. The number of para-hydroxylation sites is 2. The van der Waals surface area contributed by atoms with Gasteiger partial charge in [-0.25, -0.2) is 0 Å². The van der Waals surface area contributed by atoms with Crippen molar-refractivity contribution >= 4 is 43.2 Å². The first kappa shape index (κ1) is 13.7. The highest BCUT2D eigenvalue weighted by Crippen LogP contribution is 2.52. The Bertz CT molecular complexity index is 1320. The summed E-state index contributed by atoms with van der Waals surface area (Å²) in [6.07, 6.45) is 0. The van der Waals surface area contributed by atoms with Crippen LogP contribution in [-0.2, 0) is 5.41 Å². The first-order valence-electron chi connectivity index (χ1n) is 8.73. The van der Waals surface area contributed by atoms with E-state index in [0.29, 0.717) is 0 Å². The predicted octanol–water partition coefficient (Wildman–Crippen LogP) is 6.64. The summed E-state index contributed by atoms with van der Waals surface area (Å²) in [5.74, 6) is 0. The Morgan fingerprint density at radius 1 is 0.760 bits per heavy atom. The van der Waals surface area contributed by atoms with Gasteiger partial charge in [-0.2, -0.15) is 0 Å². The summed E-state index contributed by atoms with van der Waals surface area (Å²) in [4.78, 5) is 1.47. The van der Waals surface area contributed by atoms with Gasteiger partial charge in [0.25, 0.3) is 0 Å². The van der Waals surface area contributed by atoms with Gasteiger partial charge in [0.1, 0.15) is 0 Å². The molecule has 3 heterocycles. The Morgan fingerprint density at radius 2 is 1.48 bits per heavy atom. The Kier molecular flexibility index (Phi) is 2.37. The monoisotopic (exact) mass is 339 g/mol. The Morgan fingerprint density at radius 3 is 2.36 bits per heavy atom. The second-order valence-corrected chi connectivity index (χ2v) is 8.51. The highest BCUT2D eigenvalue weighted by atomic mass is 32.1. The molecule has 0 N–H and O–H groups in total. The first-order valence-corrected chi connectivity index (χ1v) is 9.54. The van der Waals surface area contributed by atoms with Crippen molar-refractivity contribution in [1.82, 2.24) is 4.57 Å². The molecule has 25 heavy (non-hydrogen) atoms. The van der Waals surface area contributed by atoms with Crippen molar-refractivity contribution in [3.63, 3.8) is 0 Å². The summed E-state index contributed by atoms with van der Waals surface area (Å²) in [6, 6.07) is 24.4. The van der Waals surface area contributed by atoms with Crippen molar-refractivity contribution in [3.05, 3.63) is 77.2 Å². The number of hydrogen-bond acceptors (Lipinski definition) is 1. The van der Waals surface area contributed by atoms with Crippen molar-refractivity contribution in [3.8, 4) is 5.69 Å². The predicted molar refractivity (Wildman–Crippen MR) is 108 cm³/mol. The van der Waals surface area contributed by atoms with Crippen LogP contribution in [0, 0.1) is 0 Å². The largest absolute Gasteiger partial charge is 0.307 e. The Hall–Kier alpha value is -2.58. The van der Waals surface area contributed by atoms with E-state index < -0.39 is 0 Å². The second-order valence-electron chi connectivity index (χ2n) is 7.46. The molecule has 0 aliphatic carbocycles. The van der Waals surface area contributed by atoms with Gasteiger partial charge < -0.3 is 4.57 Å². The number of thiophene rings is 1. The van der Waals surface area contributed by atoms with Crippen LogP contribution >= 0.6 is 11.3 Å². The maximum atomic E-state index is 2.51. The average Bonchev–Trinajstić information content (AvgIpc) is 3.17. The third kappa shape index (κ3) is 1.50. The lowest BCUT2D eigenvalue weighted by Gasteiger charge is -2.32. The van der Waals surface area contributed by atoms with Gasteiger partial charge in [-0.15, -0.1) is 11.3 Å². The van der Waals surface area contributed by atoms with Crippen molar-refractivity contribution in [2.75, 3.05) is 0 Å². The summed E-state index contributed by atoms with van der Waals surface area (Å²) in [5.41, 5.74) is 5.52. The molecule has 0 spiro atoms. The van der Waals surface area contributed by atoms with Gasteiger partial charge in [0, 0.05) is 31.2 Å². The molecule has 0 fully saturated rings. The minimum Gasteiger partial charge on any atom is -0.307 e. The lowest BCUT2D eigenvalue weighted by atomic mass is 9.79. The molecule has 2 aromatic heterocycles. The fourth-order valence-corrected chi connectivity index (χ4v) is 5.86. The molecular weight excluding hydrogens is 322 g/mol. The van der Waals surface area contributed by atoms with Crippen LogP contribution in [0.4, 0.5) is 0 Å². The van der Waals surface area contributed by atoms with Crippen molar-refractivity contribution in [1.29, 1.82) is 0 Å². The topological polar surface area (TPSA) is 4.93 Å². The van der Waals surface area contributed by atoms with Crippen LogP contribution in [0.3, 0.4) is 0 Å². The van der Waals surface area contributed by atoms with Gasteiger partial charge in [-0.3, -0.25) is 0 Å². The summed E-state index contributed by atoms with van der Waals surface area (Å²) in [7, 11) is 0. The number of aromatic nitrogens is 1. The lowest BCUT2D eigenvalue weighted by Crippen LogP contribution is -2.24. The molecule has 0 radical (unpaired) electrons. The molecule has 0 atom stereocenters. The molecule has 120 valence electrons. The van der Waals surface area contributed by atoms with E-state index in [1.54, 1.807) is 0 Å². The zero-order chi connectivity index (χ0) is 16.8. The molecule has 0 amide bonds. The summed E-state index contributed by atoms with van der Waals surface area (Å²) in [5, 5.41) is 4.08. The average molecular weight is 339 g/mol. The van der Waals surface area contributed by atoms with E-state index in [-0.39, 0.29) is 5.41 Å². The normalized spacial score (nSPS) is 15.1. The molecule has 5 aromatic rings. The fourth-order valence-electron chi connectivity index (χ4n) is 4.55. The summed E-state index contributed by atoms with van der Waals surface area (Å²) in [6.45, 7) is 4.74. The van der Waals surface area contributed by atoms with Gasteiger partial charge in [0.05, 0.1) is 16.7 Å². The van der Waals surface area contributed by atoms with Crippen LogP contribution in [0.15, 0.2) is 66.7 Å². The van der Waals surface area contributed by atoms with E-state index >= 15 is 0 Å². The van der Waals surface area contributed by atoms with Crippen LogP contribution in [0.2, 0.25) is 0 Å². The van der Waals surface area contributed by atoms with Gasteiger partial charge in [-0.05, 0) is 17.7 Å². The molecule has 0 saturated carbocycles. The van der Waals surface area contributed by atoms with Gasteiger partial charge in [0.15, 0.2) is 0 Å². The van der Waals surface area contributed by atoms with Gasteiger partial charge in [-0.1, -0.05) is 68.4 Å². The smallest absolute Gasteiger partial charge is 0.0689 e. The number of hydrogen-bond donors (Lipinski definition) is 0. The molecule has 0 unspecified atom stereocenters. The minimum absolute atomic E-state index is 0.0168. The highest BCUT2D eigenvalue weighted by Gasteiger charge is 2.37. The van der Waals surface area contributed by atoms with E-state index in [1.165, 1.54) is 48.0 Å². The van der Waals surface area contributed by atoms with Crippen LogP contribution in [0.5, 0.6) is 0 Å². The van der Waals surface area contributed by atoms with Gasteiger partial charge >= 0.3 is 0 Å². The van der Waals surface area contributed by atoms with Crippen LogP contribution in [0.1, 0.15) is 24.3 Å². The third-order valence-corrected chi connectivity index (χ3v) is 7.21. The number of rotatable bonds is 0. The summed E-state index contributed by atoms with van der Waals surface area (Å²) < 4.78 is 3.89. The standard InChI is InChI=1S/C23H17NS/c1-23(2)17-11-7-10-15-14-8-3-5-12-18(14)24(20(15)17)21-16-9-4-6-13-19(16)25-22(21)23/h3-13H,1-2H3. The molecule has 0 saturated heterocycles. The number of nitrogens with zero attached hydrogens (tertiary/aromatic N) is 1. The number of benzene rings is 3. The molecule has 1 aliphatic heterocycles. The SMILES string of the molecule is CC1(C)c2sc3ccccc3c2-n2c3ccccc3c3cccc1c32. The first-order chi connectivity index (χ1) is 12.2. The van der Waals surface area contributed by atoms with Crippen molar-refractivity contribution in [2.45, 2.75) is 19.3 Å². The zero-order valence-corrected chi connectivity index (χ0v) is 15.0. The lowest BCUT2D eigenvalue weighted by molar-refractivity contribution is 0.647. The van der Waals surface area contributed by atoms with E-state index in [9.17, 15) is 0 Å². The minimum atomic E-state index is 0.0168. The molecular formula is C23H17NS. The van der Waals surface area contributed by atoms with E-state index in [4.69, 9.17) is 0 Å². The van der Waals surface area contributed by atoms with E-state index in [1.807, 2.05) is 11.3 Å². The quantitative estimate of drug-likeness (QED) is 0.298. The summed E-state index contributed by atoms with van der Waals surface area (Å²) >= 11 is 1.95. The van der Waals surface area contributed by atoms with E-state index in [0.717, 1.165) is 0 Å². The van der Waals surface area contributed by atoms with Crippen molar-refractivity contribution in [2.24, 2.45) is 0 Å². The fraction of sp³-hybridized carbons (Fsp3) is 0.130. The highest BCUT2D eigenvalue weighted by molar-refractivity contribution is 7.19. The van der Waals surface area contributed by atoms with Crippen LogP contribution < -0.4 is 0 Å². The second kappa shape index (κ2) is 4.33. The van der Waals surface area contributed by atoms with Crippen molar-refractivity contribution < 1.29 is 0 Å². The molecule has 6 rings (SSSR count). The maximum Gasteiger partial charge on any atom is 0.0689 e. The zero-order valence-electron chi connectivity index (χ0n) is 14.2. The van der Waals surface area contributed by atoms with Crippen LogP contribution in [-0.4, -0.2) is 4.57 Å².